The van der Waals surface area contributed by atoms with Crippen molar-refractivity contribution in [2.45, 2.75) is 25.7 Å². The number of likely N-dealkylation sites (tertiary alicyclic amines) is 1. The molecule has 2 rings (SSSR count). The first-order valence-electron chi connectivity index (χ1n) is 6.70. The highest BCUT2D eigenvalue weighted by Crippen LogP contribution is 2.27. The number of rotatable bonds is 5. The molecule has 1 heterocycles. The van der Waals surface area contributed by atoms with Crippen LogP contribution in [0.15, 0.2) is 18.2 Å². The summed E-state index contributed by atoms with van der Waals surface area (Å²) in [4.78, 5) is 24.8. The monoisotopic (exact) mass is 277 g/mol. The van der Waals surface area contributed by atoms with Gasteiger partial charge in [0, 0.05) is 19.4 Å². The third-order valence-electron chi connectivity index (χ3n) is 3.46. The fourth-order valence-corrected chi connectivity index (χ4v) is 2.33. The van der Waals surface area contributed by atoms with Gasteiger partial charge in [-0.25, -0.2) is 0 Å². The fourth-order valence-electron chi connectivity index (χ4n) is 2.33. The SMILES string of the molecule is COc1ccc(CCN2C(=O)CCCC2=O)cc1OC. The summed E-state index contributed by atoms with van der Waals surface area (Å²) in [6, 6.07) is 5.62. The molecular weight excluding hydrogens is 258 g/mol. The molecule has 1 aromatic rings. The smallest absolute Gasteiger partial charge is 0.229 e. The standard InChI is InChI=1S/C15H19NO4/c1-19-12-7-6-11(10-13(12)20-2)8-9-16-14(17)4-3-5-15(16)18/h6-7,10H,3-5,8-9H2,1-2H3. The molecule has 0 bridgehead atoms. The molecule has 5 heteroatoms. The number of piperidine rings is 1. The largest absolute Gasteiger partial charge is 0.493 e. The number of carbonyl (C=O) groups is 2. The summed E-state index contributed by atoms with van der Waals surface area (Å²) in [6.07, 6.45) is 2.23. The molecule has 20 heavy (non-hydrogen) atoms. The molecule has 1 fully saturated rings. The summed E-state index contributed by atoms with van der Waals surface area (Å²) in [5.74, 6) is 1.19. The zero-order valence-corrected chi connectivity index (χ0v) is 11.8. The minimum Gasteiger partial charge on any atom is -0.493 e. The predicted molar refractivity (Wildman–Crippen MR) is 73.8 cm³/mol. The lowest BCUT2D eigenvalue weighted by Crippen LogP contribution is -2.41. The van der Waals surface area contributed by atoms with Crippen molar-refractivity contribution >= 4 is 11.8 Å². The van der Waals surface area contributed by atoms with E-state index in [1.54, 1.807) is 14.2 Å². The van der Waals surface area contributed by atoms with E-state index in [-0.39, 0.29) is 11.8 Å². The Kier molecular flexibility index (Phi) is 4.61. The Morgan fingerprint density at radius 2 is 1.70 bits per heavy atom. The molecule has 5 nitrogen and oxygen atoms in total. The summed E-state index contributed by atoms with van der Waals surface area (Å²) < 4.78 is 10.4. The van der Waals surface area contributed by atoms with Gasteiger partial charge in [-0.2, -0.15) is 0 Å². The molecule has 0 saturated carbocycles. The van der Waals surface area contributed by atoms with Gasteiger partial charge in [0.15, 0.2) is 11.5 Å². The van der Waals surface area contributed by atoms with Crippen LogP contribution in [0.4, 0.5) is 0 Å². The molecule has 1 aliphatic rings. The summed E-state index contributed by atoms with van der Waals surface area (Å²) in [7, 11) is 3.17. The molecule has 1 saturated heterocycles. The van der Waals surface area contributed by atoms with Gasteiger partial charge in [0.1, 0.15) is 0 Å². The number of benzene rings is 1. The lowest BCUT2D eigenvalue weighted by Gasteiger charge is -2.24. The van der Waals surface area contributed by atoms with Gasteiger partial charge in [0.25, 0.3) is 0 Å². The van der Waals surface area contributed by atoms with Crippen molar-refractivity contribution in [1.82, 2.24) is 4.90 Å². The van der Waals surface area contributed by atoms with Crippen molar-refractivity contribution in [3.05, 3.63) is 23.8 Å². The average Bonchev–Trinajstić information content (AvgIpc) is 2.46. The molecule has 108 valence electrons. The van der Waals surface area contributed by atoms with Crippen molar-refractivity contribution in [2.24, 2.45) is 0 Å². The Bertz CT molecular complexity index is 497. The maximum Gasteiger partial charge on any atom is 0.229 e. The van der Waals surface area contributed by atoms with Crippen molar-refractivity contribution in [3.63, 3.8) is 0 Å². The summed E-state index contributed by atoms with van der Waals surface area (Å²) in [5.41, 5.74) is 1.01. The van der Waals surface area contributed by atoms with Crippen molar-refractivity contribution in [1.29, 1.82) is 0 Å². The topological polar surface area (TPSA) is 55.8 Å². The molecule has 1 aliphatic heterocycles. The quantitative estimate of drug-likeness (QED) is 0.770. The van der Waals surface area contributed by atoms with E-state index in [1.807, 2.05) is 18.2 Å². The van der Waals surface area contributed by atoms with E-state index in [0.717, 1.165) is 5.56 Å². The number of hydrogen-bond donors (Lipinski definition) is 0. The molecule has 0 spiro atoms. The summed E-state index contributed by atoms with van der Waals surface area (Å²) >= 11 is 0. The number of ether oxygens (including phenoxy) is 2. The molecule has 0 aromatic heterocycles. The van der Waals surface area contributed by atoms with Gasteiger partial charge in [-0.1, -0.05) is 6.07 Å². The maximum atomic E-state index is 11.7. The summed E-state index contributed by atoms with van der Waals surface area (Å²) in [6.45, 7) is 0.424. The van der Waals surface area contributed by atoms with Gasteiger partial charge in [-0.3, -0.25) is 14.5 Å². The summed E-state index contributed by atoms with van der Waals surface area (Å²) in [5, 5.41) is 0. The fraction of sp³-hybridized carbons (Fsp3) is 0.467. The van der Waals surface area contributed by atoms with Crippen LogP contribution in [0.3, 0.4) is 0 Å². The Morgan fingerprint density at radius 3 is 2.30 bits per heavy atom. The van der Waals surface area contributed by atoms with E-state index in [2.05, 4.69) is 0 Å². The number of nitrogens with zero attached hydrogens (tertiary/aromatic N) is 1. The zero-order chi connectivity index (χ0) is 14.5. The van der Waals surface area contributed by atoms with Gasteiger partial charge in [0.05, 0.1) is 14.2 Å². The van der Waals surface area contributed by atoms with E-state index >= 15 is 0 Å². The van der Waals surface area contributed by atoms with Crippen molar-refractivity contribution in [2.75, 3.05) is 20.8 Å². The highest BCUT2D eigenvalue weighted by molar-refractivity contribution is 5.97. The minimum absolute atomic E-state index is 0.0678. The number of carbonyl (C=O) groups excluding carboxylic acids is 2. The van der Waals surface area contributed by atoms with Crippen LogP contribution in [-0.4, -0.2) is 37.5 Å². The molecule has 0 unspecified atom stereocenters. The highest BCUT2D eigenvalue weighted by Gasteiger charge is 2.25. The van der Waals surface area contributed by atoms with Gasteiger partial charge in [-0.15, -0.1) is 0 Å². The van der Waals surface area contributed by atoms with E-state index in [9.17, 15) is 9.59 Å². The van der Waals surface area contributed by atoms with Crippen molar-refractivity contribution < 1.29 is 19.1 Å². The van der Waals surface area contributed by atoms with E-state index in [1.165, 1.54) is 4.90 Å². The van der Waals surface area contributed by atoms with Gasteiger partial charge >= 0.3 is 0 Å². The van der Waals surface area contributed by atoms with E-state index in [4.69, 9.17) is 9.47 Å². The number of amides is 2. The van der Waals surface area contributed by atoms with Crippen LogP contribution in [0.2, 0.25) is 0 Å². The third kappa shape index (κ3) is 3.10. The lowest BCUT2D eigenvalue weighted by molar-refractivity contribution is -0.147. The molecular formula is C15H19NO4. The van der Waals surface area contributed by atoms with Crippen LogP contribution in [-0.2, 0) is 16.0 Å². The normalized spacial score (nSPS) is 15.4. The second-order valence-corrected chi connectivity index (χ2v) is 4.73. The lowest BCUT2D eigenvalue weighted by atomic mass is 10.1. The molecule has 0 radical (unpaired) electrons. The van der Waals surface area contributed by atoms with Gasteiger partial charge < -0.3 is 9.47 Å². The molecule has 1 aromatic carbocycles. The first kappa shape index (κ1) is 14.4. The Labute approximate surface area is 118 Å². The second-order valence-electron chi connectivity index (χ2n) is 4.73. The molecule has 2 amide bonds. The van der Waals surface area contributed by atoms with Crippen LogP contribution in [0, 0.1) is 0 Å². The van der Waals surface area contributed by atoms with Crippen LogP contribution >= 0.6 is 0 Å². The third-order valence-corrected chi connectivity index (χ3v) is 3.46. The molecule has 0 aliphatic carbocycles. The number of imide groups is 1. The minimum atomic E-state index is -0.0678. The maximum absolute atomic E-state index is 11.7. The van der Waals surface area contributed by atoms with Crippen LogP contribution < -0.4 is 9.47 Å². The first-order chi connectivity index (χ1) is 9.65. The van der Waals surface area contributed by atoms with Gasteiger partial charge in [0.2, 0.25) is 11.8 Å². The Morgan fingerprint density at radius 1 is 1.05 bits per heavy atom. The first-order valence-corrected chi connectivity index (χ1v) is 6.70. The Hall–Kier alpha value is -2.04. The molecule has 0 N–H and O–H groups in total. The number of hydrogen-bond acceptors (Lipinski definition) is 4. The van der Waals surface area contributed by atoms with Crippen LogP contribution in [0.5, 0.6) is 11.5 Å². The number of methoxy groups -OCH3 is 2. The van der Waals surface area contributed by atoms with E-state index < -0.39 is 0 Å². The second kappa shape index (κ2) is 6.41. The van der Waals surface area contributed by atoms with Crippen molar-refractivity contribution in [3.8, 4) is 11.5 Å². The highest BCUT2D eigenvalue weighted by atomic mass is 16.5. The van der Waals surface area contributed by atoms with Gasteiger partial charge in [-0.05, 0) is 30.5 Å². The predicted octanol–water partition coefficient (Wildman–Crippen LogP) is 1.79. The zero-order valence-electron chi connectivity index (χ0n) is 11.8. The molecule has 0 atom stereocenters. The van der Waals surface area contributed by atoms with Crippen LogP contribution in [0.1, 0.15) is 24.8 Å². The van der Waals surface area contributed by atoms with E-state index in [0.29, 0.717) is 43.7 Å². The Balaban J connectivity index is 2.03. The van der Waals surface area contributed by atoms with Crippen LogP contribution in [0.25, 0.3) is 0 Å². The average molecular weight is 277 g/mol.